The quantitative estimate of drug-likeness (QED) is 0.496. The maximum absolute atomic E-state index is 3.60. The van der Waals surface area contributed by atoms with Crippen molar-refractivity contribution in [3.8, 4) is 0 Å². The Morgan fingerprint density at radius 3 is 2.38 bits per heavy atom. The third-order valence-electron chi connectivity index (χ3n) is 6.00. The second-order valence-corrected chi connectivity index (χ2v) is 6.92. The minimum absolute atomic E-state index is 1.09. The van der Waals surface area contributed by atoms with Crippen molar-refractivity contribution in [2.75, 3.05) is 26.2 Å². The van der Waals surface area contributed by atoms with Gasteiger partial charge in [0.05, 0.1) is 32.6 Å². The number of para-hydroxylation sites is 1. The van der Waals surface area contributed by atoms with Crippen LogP contribution in [0, 0.1) is 6.92 Å². The number of hydrogen-bond donors (Lipinski definition) is 1. The summed E-state index contributed by atoms with van der Waals surface area (Å²) in [6.07, 6.45) is 3.49. The van der Waals surface area contributed by atoms with Crippen LogP contribution in [-0.4, -0.2) is 35.6 Å². The van der Waals surface area contributed by atoms with Gasteiger partial charge in [0.1, 0.15) is 5.52 Å². The van der Waals surface area contributed by atoms with Crippen LogP contribution in [0.25, 0.3) is 21.8 Å². The van der Waals surface area contributed by atoms with E-state index in [1.807, 2.05) is 0 Å². The summed E-state index contributed by atoms with van der Waals surface area (Å²) < 4.78 is 3.64. The van der Waals surface area contributed by atoms with Gasteiger partial charge in [-0.3, -0.25) is 0 Å². The van der Waals surface area contributed by atoms with E-state index in [2.05, 4.69) is 73.8 Å². The van der Waals surface area contributed by atoms with E-state index < -0.39 is 0 Å². The molecule has 0 unspecified atom stereocenters. The Morgan fingerprint density at radius 1 is 0.958 bits per heavy atom. The summed E-state index contributed by atoms with van der Waals surface area (Å²) in [5.74, 6) is 0. The lowest BCUT2D eigenvalue weighted by Gasteiger charge is -2.35. The molecule has 3 heteroatoms. The molecule has 0 saturated carbocycles. The molecule has 3 nitrogen and oxygen atoms in total. The van der Waals surface area contributed by atoms with Crippen LogP contribution in [0.15, 0.2) is 36.5 Å². The van der Waals surface area contributed by atoms with Gasteiger partial charge in [0.25, 0.3) is 0 Å². The highest BCUT2D eigenvalue weighted by atomic mass is 15.3. The van der Waals surface area contributed by atoms with Crippen molar-refractivity contribution in [2.45, 2.75) is 40.7 Å². The molecule has 0 fully saturated rings. The average Bonchev–Trinajstić information content (AvgIpc) is 3.01. The van der Waals surface area contributed by atoms with E-state index in [0.717, 1.165) is 6.54 Å². The third-order valence-corrected chi connectivity index (χ3v) is 6.00. The number of quaternary nitrogens is 1. The lowest BCUT2D eigenvalue weighted by Crippen LogP contribution is -2.49. The first-order valence-electron chi connectivity index (χ1n) is 9.38. The van der Waals surface area contributed by atoms with Crippen LogP contribution in [0.5, 0.6) is 0 Å². The van der Waals surface area contributed by atoms with E-state index in [0.29, 0.717) is 0 Å². The molecular weight excluding hydrogens is 294 g/mol. The van der Waals surface area contributed by atoms with Crippen molar-refractivity contribution < 1.29 is 9.05 Å². The summed E-state index contributed by atoms with van der Waals surface area (Å²) in [6, 6.07) is 10.8. The van der Waals surface area contributed by atoms with Crippen molar-refractivity contribution in [1.29, 1.82) is 0 Å². The number of aromatic amines is 1. The molecule has 2 aromatic heterocycles. The summed E-state index contributed by atoms with van der Waals surface area (Å²) in [5, 5.41) is 2.65. The SMILES string of the molecule is CC[N+](CC)(CC)CCC[n+]1ccc2c([nH]c3ccccc32)c1C. The Balaban J connectivity index is 1.83. The lowest BCUT2D eigenvalue weighted by atomic mass is 10.1. The Labute approximate surface area is 145 Å². The summed E-state index contributed by atoms with van der Waals surface area (Å²) in [5.41, 5.74) is 3.85. The zero-order valence-electron chi connectivity index (χ0n) is 15.6. The second kappa shape index (κ2) is 6.94. The number of fused-ring (bicyclic) bond motifs is 3. The number of benzene rings is 1. The summed E-state index contributed by atoms with van der Waals surface area (Å²) in [7, 11) is 0. The van der Waals surface area contributed by atoms with Gasteiger partial charge in [0, 0.05) is 29.3 Å². The predicted molar refractivity (Wildman–Crippen MR) is 102 cm³/mol. The molecule has 1 N–H and O–H groups in total. The number of hydrogen-bond acceptors (Lipinski definition) is 0. The molecule has 0 radical (unpaired) electrons. The van der Waals surface area contributed by atoms with E-state index in [1.165, 1.54) is 64.6 Å². The van der Waals surface area contributed by atoms with Crippen molar-refractivity contribution in [1.82, 2.24) is 4.98 Å². The van der Waals surface area contributed by atoms with Gasteiger partial charge < -0.3 is 9.47 Å². The first-order chi connectivity index (χ1) is 11.6. The van der Waals surface area contributed by atoms with Gasteiger partial charge in [0.15, 0.2) is 12.7 Å². The van der Waals surface area contributed by atoms with Crippen molar-refractivity contribution in [3.05, 3.63) is 42.2 Å². The molecule has 0 atom stereocenters. The molecule has 2 heterocycles. The lowest BCUT2D eigenvalue weighted by molar-refractivity contribution is -0.925. The van der Waals surface area contributed by atoms with Crippen LogP contribution in [0.1, 0.15) is 32.9 Å². The highest BCUT2D eigenvalue weighted by Gasteiger charge is 2.22. The second-order valence-electron chi connectivity index (χ2n) is 6.92. The van der Waals surface area contributed by atoms with Crippen molar-refractivity contribution in [3.63, 3.8) is 0 Å². The van der Waals surface area contributed by atoms with Crippen LogP contribution in [-0.2, 0) is 6.54 Å². The van der Waals surface area contributed by atoms with E-state index >= 15 is 0 Å². The van der Waals surface area contributed by atoms with Gasteiger partial charge in [-0.05, 0) is 26.8 Å². The van der Waals surface area contributed by atoms with Gasteiger partial charge in [-0.15, -0.1) is 0 Å². The van der Waals surface area contributed by atoms with Gasteiger partial charge >= 0.3 is 0 Å². The van der Waals surface area contributed by atoms with Gasteiger partial charge in [-0.2, -0.15) is 0 Å². The van der Waals surface area contributed by atoms with E-state index in [4.69, 9.17) is 0 Å². The third kappa shape index (κ3) is 2.93. The molecule has 0 aliphatic rings. The van der Waals surface area contributed by atoms with E-state index in [1.54, 1.807) is 0 Å². The average molecular weight is 326 g/mol. The van der Waals surface area contributed by atoms with Crippen LogP contribution in [0.4, 0.5) is 0 Å². The first-order valence-corrected chi connectivity index (χ1v) is 9.38. The van der Waals surface area contributed by atoms with Gasteiger partial charge in [-0.1, -0.05) is 18.2 Å². The maximum atomic E-state index is 3.60. The number of rotatable bonds is 7. The van der Waals surface area contributed by atoms with E-state index in [9.17, 15) is 0 Å². The van der Waals surface area contributed by atoms with Crippen molar-refractivity contribution in [2.24, 2.45) is 0 Å². The Kier molecular flexibility index (Phi) is 4.91. The minimum atomic E-state index is 1.09. The Bertz CT molecular complexity index is 819. The fourth-order valence-electron chi connectivity index (χ4n) is 4.01. The normalized spacial score (nSPS) is 12.3. The molecule has 1 aromatic carbocycles. The molecule has 3 aromatic rings. The van der Waals surface area contributed by atoms with Gasteiger partial charge in [-0.25, -0.2) is 4.57 Å². The van der Waals surface area contributed by atoms with Gasteiger partial charge in [0.2, 0.25) is 5.69 Å². The number of pyridine rings is 1. The number of nitrogens with one attached hydrogen (secondary N) is 1. The predicted octanol–water partition coefficient (Wildman–Crippen LogP) is 4.18. The molecule has 0 spiro atoms. The zero-order valence-corrected chi connectivity index (χ0v) is 15.6. The van der Waals surface area contributed by atoms with Crippen LogP contribution < -0.4 is 4.57 Å². The summed E-state index contributed by atoms with van der Waals surface area (Å²) in [4.78, 5) is 3.60. The number of nitrogens with zero attached hydrogens (tertiary/aromatic N) is 2. The molecule has 3 rings (SSSR count). The standard InChI is InChI=1S/C21H30N3/c1-5-24(6-2,7-3)16-10-14-23-15-13-19-18-11-8-9-12-20(18)22-21(19)17(23)4/h8-9,11-13,15H,5-7,10,14,16H2,1-4H3/q+1/p+1. The van der Waals surface area contributed by atoms with Crippen molar-refractivity contribution >= 4 is 21.8 Å². The summed E-state index contributed by atoms with van der Waals surface area (Å²) in [6.45, 7) is 15.3. The molecular formula is C21H31N3+2. The minimum Gasteiger partial charge on any atom is -0.349 e. The molecule has 128 valence electrons. The molecule has 0 amide bonds. The number of aryl methyl sites for hydroxylation is 2. The topological polar surface area (TPSA) is 19.7 Å². The Morgan fingerprint density at radius 2 is 1.67 bits per heavy atom. The maximum Gasteiger partial charge on any atom is 0.202 e. The smallest absolute Gasteiger partial charge is 0.202 e. The molecule has 24 heavy (non-hydrogen) atoms. The molecule has 0 aliphatic carbocycles. The highest BCUT2D eigenvalue weighted by Crippen LogP contribution is 2.25. The Hall–Kier alpha value is -1.87. The fourth-order valence-corrected chi connectivity index (χ4v) is 4.01. The summed E-state index contributed by atoms with van der Waals surface area (Å²) >= 11 is 0. The first kappa shape index (κ1) is 17.0. The zero-order chi connectivity index (χ0) is 17.2. The van der Waals surface area contributed by atoms with E-state index in [-0.39, 0.29) is 0 Å². The molecule has 0 bridgehead atoms. The monoisotopic (exact) mass is 325 g/mol. The van der Waals surface area contributed by atoms with Crippen LogP contribution in [0.2, 0.25) is 0 Å². The highest BCUT2D eigenvalue weighted by molar-refractivity contribution is 6.07. The largest absolute Gasteiger partial charge is 0.349 e. The van der Waals surface area contributed by atoms with Crippen LogP contribution >= 0.6 is 0 Å². The fraction of sp³-hybridized carbons (Fsp3) is 0.476. The number of aromatic nitrogens is 2. The molecule has 0 aliphatic heterocycles. The van der Waals surface area contributed by atoms with Crippen LogP contribution in [0.3, 0.4) is 0 Å². The molecule has 0 saturated heterocycles. The number of H-pyrrole nitrogens is 1.